The molecule has 90 valence electrons. The average Bonchev–Trinajstić information content (AvgIpc) is 2.71. The Morgan fingerprint density at radius 1 is 1.47 bits per heavy atom. The fourth-order valence-corrected chi connectivity index (χ4v) is 2.08. The Kier molecular flexibility index (Phi) is 2.99. The van der Waals surface area contributed by atoms with Gasteiger partial charge in [-0.25, -0.2) is 4.21 Å². The van der Waals surface area contributed by atoms with Crippen LogP contribution in [0.25, 0.3) is 11.0 Å². The first-order valence-corrected chi connectivity index (χ1v) is 5.87. The number of carbonyl (C=O) groups is 1. The van der Waals surface area contributed by atoms with Crippen molar-refractivity contribution in [1.82, 2.24) is 0 Å². The van der Waals surface area contributed by atoms with E-state index in [1.54, 1.807) is 0 Å². The predicted molar refractivity (Wildman–Crippen MR) is 61.8 cm³/mol. The van der Waals surface area contributed by atoms with Crippen LogP contribution in [0.15, 0.2) is 27.5 Å². The van der Waals surface area contributed by atoms with Crippen molar-refractivity contribution in [2.75, 3.05) is 7.11 Å². The Hall–Kier alpha value is -1.66. The third kappa shape index (κ3) is 1.96. The number of carbonyl (C=O) groups excluding carboxylic acids is 1. The van der Waals surface area contributed by atoms with E-state index in [1.165, 1.54) is 32.2 Å². The van der Waals surface area contributed by atoms with Gasteiger partial charge in [0.1, 0.15) is 0 Å². The van der Waals surface area contributed by atoms with Gasteiger partial charge in [0, 0.05) is 12.3 Å². The van der Waals surface area contributed by atoms with Crippen LogP contribution >= 0.6 is 0 Å². The minimum Gasteiger partial charge on any atom is -0.493 e. The van der Waals surface area contributed by atoms with Crippen molar-refractivity contribution in [2.45, 2.75) is 11.8 Å². The van der Waals surface area contributed by atoms with Crippen molar-refractivity contribution in [2.24, 2.45) is 0 Å². The molecule has 0 fully saturated rings. The molecule has 2 rings (SSSR count). The number of hydrogen-bond acceptors (Lipinski definition) is 4. The Labute approximate surface area is 99.7 Å². The van der Waals surface area contributed by atoms with Crippen LogP contribution in [-0.2, 0) is 11.1 Å². The highest BCUT2D eigenvalue weighted by atomic mass is 32.2. The van der Waals surface area contributed by atoms with E-state index in [4.69, 9.17) is 13.7 Å². The molecule has 1 aromatic heterocycles. The zero-order valence-electron chi connectivity index (χ0n) is 9.22. The summed E-state index contributed by atoms with van der Waals surface area (Å²) in [6.07, 6.45) is 0. The molecule has 0 aliphatic rings. The topological polar surface area (TPSA) is 76.7 Å². The molecule has 1 atom stereocenters. The SMILES string of the molecule is COc1ccc(S(=O)O)c2cc(C(C)=O)oc12. The number of rotatable bonds is 3. The molecule has 17 heavy (non-hydrogen) atoms. The van der Waals surface area contributed by atoms with Crippen molar-refractivity contribution >= 4 is 27.8 Å². The van der Waals surface area contributed by atoms with E-state index in [0.717, 1.165) is 0 Å². The number of benzene rings is 1. The average molecular weight is 254 g/mol. The summed E-state index contributed by atoms with van der Waals surface area (Å²) in [5, 5.41) is 0.412. The monoisotopic (exact) mass is 254 g/mol. The molecule has 0 radical (unpaired) electrons. The maximum Gasteiger partial charge on any atom is 0.194 e. The minimum atomic E-state index is -2.14. The molecule has 0 bridgehead atoms. The van der Waals surface area contributed by atoms with Crippen molar-refractivity contribution in [3.8, 4) is 5.75 Å². The maximum atomic E-state index is 11.2. The van der Waals surface area contributed by atoms with Gasteiger partial charge in [-0.3, -0.25) is 4.79 Å². The summed E-state index contributed by atoms with van der Waals surface area (Å²) in [6.45, 7) is 1.36. The van der Waals surface area contributed by atoms with Crippen LogP contribution in [0.1, 0.15) is 17.5 Å². The highest BCUT2D eigenvalue weighted by Gasteiger charge is 2.17. The maximum absolute atomic E-state index is 11.2. The van der Waals surface area contributed by atoms with Crippen LogP contribution < -0.4 is 4.74 Å². The molecule has 1 N–H and O–H groups in total. The highest BCUT2D eigenvalue weighted by Crippen LogP contribution is 2.32. The molecule has 0 saturated heterocycles. The number of Topliss-reactive ketones (excluding diaryl/α,β-unsaturated/α-hetero) is 1. The summed E-state index contributed by atoms with van der Waals surface area (Å²) in [5.74, 6) is 0.302. The van der Waals surface area contributed by atoms with Crippen LogP contribution in [0, 0.1) is 0 Å². The molecule has 0 aliphatic carbocycles. The smallest absolute Gasteiger partial charge is 0.194 e. The van der Waals surface area contributed by atoms with Crippen molar-refractivity contribution < 1.29 is 22.7 Å². The summed E-state index contributed by atoms with van der Waals surface area (Å²) in [7, 11) is 1.46. The number of ketones is 1. The number of hydrogen-bond donors (Lipinski definition) is 1. The van der Waals surface area contributed by atoms with Crippen molar-refractivity contribution in [3.05, 3.63) is 24.0 Å². The fraction of sp³-hybridized carbons (Fsp3) is 0.182. The zero-order valence-corrected chi connectivity index (χ0v) is 10.0. The number of fused-ring (bicyclic) bond motifs is 1. The molecule has 0 aliphatic heterocycles. The standard InChI is InChI=1S/C11H10O5S/c1-6(12)9-5-7-10(17(13)14)4-3-8(15-2)11(7)16-9/h3-5H,1-2H3,(H,13,14). The largest absolute Gasteiger partial charge is 0.493 e. The molecule has 1 unspecified atom stereocenters. The van der Waals surface area contributed by atoms with E-state index >= 15 is 0 Å². The quantitative estimate of drug-likeness (QED) is 0.671. The van der Waals surface area contributed by atoms with Crippen LogP contribution in [0.3, 0.4) is 0 Å². The van der Waals surface area contributed by atoms with E-state index in [2.05, 4.69) is 0 Å². The second-order valence-corrected chi connectivity index (χ2v) is 4.36. The minimum absolute atomic E-state index is 0.135. The van der Waals surface area contributed by atoms with Crippen LogP contribution in [0.4, 0.5) is 0 Å². The first-order valence-electron chi connectivity index (χ1n) is 4.77. The lowest BCUT2D eigenvalue weighted by atomic mass is 10.2. The van der Waals surface area contributed by atoms with Crippen molar-refractivity contribution in [3.63, 3.8) is 0 Å². The highest BCUT2D eigenvalue weighted by molar-refractivity contribution is 7.79. The third-order valence-electron chi connectivity index (χ3n) is 2.36. The predicted octanol–water partition coefficient (Wildman–Crippen LogP) is 2.22. The van der Waals surface area contributed by atoms with Gasteiger partial charge < -0.3 is 13.7 Å². The molecule has 5 nitrogen and oxygen atoms in total. The van der Waals surface area contributed by atoms with Gasteiger partial charge in [0.2, 0.25) is 0 Å². The van der Waals surface area contributed by atoms with Gasteiger partial charge in [0.05, 0.1) is 12.0 Å². The van der Waals surface area contributed by atoms with E-state index in [9.17, 15) is 9.00 Å². The summed E-state index contributed by atoms with van der Waals surface area (Å²) in [4.78, 5) is 11.4. The van der Waals surface area contributed by atoms with Gasteiger partial charge in [0.25, 0.3) is 0 Å². The van der Waals surface area contributed by atoms with Gasteiger partial charge in [-0.15, -0.1) is 0 Å². The fourth-order valence-electron chi connectivity index (χ4n) is 1.56. The number of furan rings is 1. The number of ether oxygens (including phenoxy) is 1. The lowest BCUT2D eigenvalue weighted by molar-refractivity contribution is 0.0989. The normalized spacial score (nSPS) is 12.6. The Morgan fingerprint density at radius 3 is 2.71 bits per heavy atom. The molecule has 0 amide bonds. The Balaban J connectivity index is 2.81. The van der Waals surface area contributed by atoms with E-state index in [-0.39, 0.29) is 16.4 Å². The summed E-state index contributed by atoms with van der Waals surface area (Å²) < 4.78 is 30.7. The van der Waals surface area contributed by atoms with E-state index in [1.807, 2.05) is 0 Å². The second-order valence-electron chi connectivity index (χ2n) is 3.42. The Bertz CT molecular complexity index is 614. The molecule has 0 spiro atoms. The van der Waals surface area contributed by atoms with Crippen LogP contribution in [0.5, 0.6) is 5.75 Å². The molecule has 2 aromatic rings. The zero-order chi connectivity index (χ0) is 12.6. The van der Waals surface area contributed by atoms with Gasteiger partial charge >= 0.3 is 0 Å². The van der Waals surface area contributed by atoms with Gasteiger partial charge in [0.15, 0.2) is 34.0 Å². The van der Waals surface area contributed by atoms with Gasteiger partial charge in [-0.2, -0.15) is 0 Å². The van der Waals surface area contributed by atoms with Gasteiger partial charge in [-0.1, -0.05) is 0 Å². The first kappa shape index (κ1) is 11.8. The molecule has 1 heterocycles. The molecule has 1 aromatic carbocycles. The molecule has 0 saturated carbocycles. The van der Waals surface area contributed by atoms with E-state index < -0.39 is 11.1 Å². The molecular formula is C11H10O5S. The molecule has 6 heteroatoms. The van der Waals surface area contributed by atoms with Crippen molar-refractivity contribution in [1.29, 1.82) is 0 Å². The van der Waals surface area contributed by atoms with Crippen LogP contribution in [0.2, 0.25) is 0 Å². The third-order valence-corrected chi connectivity index (χ3v) is 3.09. The summed E-state index contributed by atoms with van der Waals surface area (Å²) >= 11 is -2.14. The second kappa shape index (κ2) is 4.31. The summed E-state index contributed by atoms with van der Waals surface area (Å²) in [6, 6.07) is 4.44. The van der Waals surface area contributed by atoms with E-state index in [0.29, 0.717) is 16.7 Å². The summed E-state index contributed by atoms with van der Waals surface area (Å²) in [5.41, 5.74) is 0.303. The Morgan fingerprint density at radius 2 is 2.18 bits per heavy atom. The lowest BCUT2D eigenvalue weighted by Crippen LogP contribution is -1.90. The van der Waals surface area contributed by atoms with Crippen LogP contribution in [-0.4, -0.2) is 21.7 Å². The lowest BCUT2D eigenvalue weighted by Gasteiger charge is -2.02. The first-order chi connectivity index (χ1) is 8.04. The number of methoxy groups -OCH3 is 1. The van der Waals surface area contributed by atoms with Gasteiger partial charge in [-0.05, 0) is 18.2 Å². The molecular weight excluding hydrogens is 244 g/mol.